The smallest absolute Gasteiger partial charge is 0.404 e. The molecule has 2 aromatic heterocycles. The number of benzene rings is 1. The molecule has 0 saturated carbocycles. The van der Waals surface area contributed by atoms with E-state index in [-0.39, 0.29) is 19.0 Å². The Balaban J connectivity index is 1.86. The highest BCUT2D eigenvalue weighted by molar-refractivity contribution is 6.30. The van der Waals surface area contributed by atoms with Crippen molar-refractivity contribution in [3.8, 4) is 11.1 Å². The van der Waals surface area contributed by atoms with Crippen LogP contribution in [-0.2, 0) is 13.1 Å². The van der Waals surface area contributed by atoms with Gasteiger partial charge in [0.05, 0.1) is 17.3 Å². The summed E-state index contributed by atoms with van der Waals surface area (Å²) in [7, 11) is 0. The van der Waals surface area contributed by atoms with Crippen molar-refractivity contribution < 1.29 is 14.7 Å². The first-order chi connectivity index (χ1) is 13.9. The van der Waals surface area contributed by atoms with E-state index in [2.05, 4.69) is 20.6 Å². The molecule has 0 bridgehead atoms. The molecule has 0 radical (unpaired) electrons. The highest BCUT2D eigenvalue weighted by Crippen LogP contribution is 2.23. The van der Waals surface area contributed by atoms with Crippen molar-refractivity contribution in [2.24, 2.45) is 0 Å². The molecule has 2 heterocycles. The van der Waals surface area contributed by atoms with E-state index in [9.17, 15) is 9.59 Å². The molecule has 148 valence electrons. The first-order valence-electron chi connectivity index (χ1n) is 8.83. The average molecular weight is 411 g/mol. The van der Waals surface area contributed by atoms with Gasteiger partial charge in [-0.15, -0.1) is 0 Å². The molecular weight excluding hydrogens is 392 g/mol. The van der Waals surface area contributed by atoms with Crippen LogP contribution in [0, 0.1) is 6.92 Å². The summed E-state index contributed by atoms with van der Waals surface area (Å²) < 4.78 is 0. The predicted octanol–water partition coefficient (Wildman–Crippen LogP) is 3.80. The summed E-state index contributed by atoms with van der Waals surface area (Å²) in [6, 6.07) is 12.5. The number of amides is 2. The number of pyridine rings is 2. The van der Waals surface area contributed by atoms with Crippen molar-refractivity contribution in [1.29, 1.82) is 0 Å². The zero-order chi connectivity index (χ0) is 20.8. The van der Waals surface area contributed by atoms with E-state index in [1.165, 1.54) is 6.20 Å². The molecule has 3 rings (SSSR count). The van der Waals surface area contributed by atoms with Crippen LogP contribution in [0.2, 0.25) is 5.02 Å². The second-order valence-electron chi connectivity index (χ2n) is 6.41. The lowest BCUT2D eigenvalue weighted by molar-refractivity contribution is 0.0950. The summed E-state index contributed by atoms with van der Waals surface area (Å²) in [6.07, 6.45) is 2.08. The number of hydrogen-bond donors (Lipinski definition) is 3. The lowest BCUT2D eigenvalue weighted by Gasteiger charge is -2.11. The van der Waals surface area contributed by atoms with Gasteiger partial charge in [0.2, 0.25) is 0 Å². The van der Waals surface area contributed by atoms with Crippen LogP contribution in [0.15, 0.2) is 54.9 Å². The van der Waals surface area contributed by atoms with Crippen molar-refractivity contribution in [3.05, 3.63) is 82.4 Å². The minimum Gasteiger partial charge on any atom is -0.465 e. The van der Waals surface area contributed by atoms with Crippen LogP contribution in [-0.4, -0.2) is 27.1 Å². The molecule has 0 spiro atoms. The molecule has 0 fully saturated rings. The van der Waals surface area contributed by atoms with Crippen molar-refractivity contribution in [3.63, 3.8) is 0 Å². The first-order valence-corrected chi connectivity index (χ1v) is 9.21. The third-order valence-electron chi connectivity index (χ3n) is 4.15. The average Bonchev–Trinajstić information content (AvgIpc) is 2.71. The van der Waals surface area contributed by atoms with E-state index in [4.69, 9.17) is 16.7 Å². The number of aryl methyl sites for hydroxylation is 1. The molecule has 29 heavy (non-hydrogen) atoms. The van der Waals surface area contributed by atoms with E-state index in [0.717, 1.165) is 16.8 Å². The van der Waals surface area contributed by atoms with E-state index in [0.29, 0.717) is 21.8 Å². The number of aromatic nitrogens is 2. The number of hydrogen-bond acceptors (Lipinski definition) is 4. The van der Waals surface area contributed by atoms with Crippen molar-refractivity contribution in [2.75, 3.05) is 0 Å². The molecule has 3 N–H and O–H groups in total. The SMILES string of the molecule is Cc1cc(-c2cc(CNC(=O)O)cc(C(=O)NCc3ccc(Cl)cn3)c2)ccn1. The third kappa shape index (κ3) is 5.76. The lowest BCUT2D eigenvalue weighted by Crippen LogP contribution is -2.24. The first kappa shape index (κ1) is 20.3. The van der Waals surface area contributed by atoms with Gasteiger partial charge >= 0.3 is 6.09 Å². The zero-order valence-electron chi connectivity index (χ0n) is 15.6. The Kier molecular flexibility index (Phi) is 6.41. The standard InChI is InChI=1S/C21H19ClN4O3/c1-13-6-15(4-5-23-13)16-7-14(10-26-21(28)29)8-17(9-16)20(27)25-12-19-3-2-18(22)11-24-19/h2-9,11,26H,10,12H2,1H3,(H,25,27)(H,28,29). The Morgan fingerprint density at radius 2 is 1.83 bits per heavy atom. The molecule has 7 nitrogen and oxygen atoms in total. The predicted molar refractivity (Wildman–Crippen MR) is 110 cm³/mol. The van der Waals surface area contributed by atoms with Gasteiger partial charge in [-0.25, -0.2) is 4.79 Å². The largest absolute Gasteiger partial charge is 0.465 e. The summed E-state index contributed by atoms with van der Waals surface area (Å²) in [5.41, 5.74) is 4.31. The Morgan fingerprint density at radius 3 is 2.52 bits per heavy atom. The maximum absolute atomic E-state index is 12.7. The van der Waals surface area contributed by atoms with Crippen molar-refractivity contribution in [2.45, 2.75) is 20.0 Å². The maximum Gasteiger partial charge on any atom is 0.404 e. The molecule has 3 aromatic rings. The highest BCUT2D eigenvalue weighted by Gasteiger charge is 2.11. The van der Waals surface area contributed by atoms with Crippen LogP contribution in [0.25, 0.3) is 11.1 Å². The van der Waals surface area contributed by atoms with E-state index >= 15 is 0 Å². The zero-order valence-corrected chi connectivity index (χ0v) is 16.4. The van der Waals surface area contributed by atoms with Gasteiger partial charge in [-0.05, 0) is 66.1 Å². The van der Waals surface area contributed by atoms with Crippen LogP contribution in [0.4, 0.5) is 4.79 Å². The Morgan fingerprint density at radius 1 is 1.00 bits per heavy atom. The molecule has 0 unspecified atom stereocenters. The fourth-order valence-electron chi connectivity index (χ4n) is 2.78. The highest BCUT2D eigenvalue weighted by atomic mass is 35.5. The fourth-order valence-corrected chi connectivity index (χ4v) is 2.89. The lowest BCUT2D eigenvalue weighted by atomic mass is 9.99. The van der Waals surface area contributed by atoms with Gasteiger partial charge in [-0.2, -0.15) is 0 Å². The summed E-state index contributed by atoms with van der Waals surface area (Å²) in [5.74, 6) is -0.286. The number of nitrogens with one attached hydrogen (secondary N) is 2. The third-order valence-corrected chi connectivity index (χ3v) is 4.37. The van der Waals surface area contributed by atoms with Crippen LogP contribution in [0.5, 0.6) is 0 Å². The molecule has 8 heteroatoms. The minimum atomic E-state index is -1.13. The minimum absolute atomic E-state index is 0.0895. The molecule has 0 atom stereocenters. The van der Waals surface area contributed by atoms with Gasteiger partial charge in [0.1, 0.15) is 0 Å². The number of carbonyl (C=O) groups is 2. The quantitative estimate of drug-likeness (QED) is 0.573. The van der Waals surface area contributed by atoms with Crippen molar-refractivity contribution in [1.82, 2.24) is 20.6 Å². The van der Waals surface area contributed by atoms with Crippen molar-refractivity contribution >= 4 is 23.6 Å². The van der Waals surface area contributed by atoms with Crippen LogP contribution in [0.1, 0.15) is 27.3 Å². The summed E-state index contributed by atoms with van der Waals surface area (Å²) >= 11 is 5.82. The summed E-state index contributed by atoms with van der Waals surface area (Å²) in [4.78, 5) is 31.9. The number of nitrogens with zero attached hydrogens (tertiary/aromatic N) is 2. The normalized spacial score (nSPS) is 10.4. The number of carbonyl (C=O) groups excluding carboxylic acids is 1. The van der Waals surface area contributed by atoms with Gasteiger partial charge in [-0.1, -0.05) is 11.6 Å². The molecule has 1 aromatic carbocycles. The summed E-state index contributed by atoms with van der Waals surface area (Å²) in [5, 5.41) is 14.6. The van der Waals surface area contributed by atoms with Gasteiger partial charge < -0.3 is 15.7 Å². The van der Waals surface area contributed by atoms with Gasteiger partial charge in [-0.3, -0.25) is 14.8 Å². The molecule has 0 aliphatic rings. The van der Waals surface area contributed by atoms with Gasteiger partial charge in [0, 0.05) is 30.2 Å². The molecule has 0 saturated heterocycles. The monoisotopic (exact) mass is 410 g/mol. The molecule has 2 amide bonds. The van der Waals surface area contributed by atoms with E-state index in [1.54, 1.807) is 30.5 Å². The summed E-state index contributed by atoms with van der Waals surface area (Å²) in [6.45, 7) is 2.22. The second kappa shape index (κ2) is 9.16. The van der Waals surface area contributed by atoms with Crippen LogP contribution >= 0.6 is 11.6 Å². The van der Waals surface area contributed by atoms with Crippen LogP contribution < -0.4 is 10.6 Å². The Labute approximate surface area is 172 Å². The molecule has 0 aliphatic carbocycles. The second-order valence-corrected chi connectivity index (χ2v) is 6.85. The van der Waals surface area contributed by atoms with E-state index in [1.807, 2.05) is 25.1 Å². The Bertz CT molecular complexity index is 1040. The van der Waals surface area contributed by atoms with Crippen LogP contribution in [0.3, 0.4) is 0 Å². The fraction of sp³-hybridized carbons (Fsp3) is 0.143. The Hall–Kier alpha value is -3.45. The number of carboxylic acid groups (broad SMARTS) is 1. The molecular formula is C21H19ClN4O3. The maximum atomic E-state index is 12.7. The topological polar surface area (TPSA) is 104 Å². The number of halogens is 1. The van der Waals surface area contributed by atoms with Gasteiger partial charge in [0.25, 0.3) is 5.91 Å². The molecule has 0 aliphatic heterocycles. The number of rotatable bonds is 6. The van der Waals surface area contributed by atoms with E-state index < -0.39 is 6.09 Å². The van der Waals surface area contributed by atoms with Gasteiger partial charge in [0.15, 0.2) is 0 Å².